The highest BCUT2D eigenvalue weighted by molar-refractivity contribution is 5.67. The van der Waals surface area contributed by atoms with Crippen molar-refractivity contribution in [2.45, 2.75) is 0 Å². The molecule has 0 atom stereocenters. The number of phenols is 1. The summed E-state index contributed by atoms with van der Waals surface area (Å²) in [6.07, 6.45) is 0. The molecule has 0 amide bonds. The lowest BCUT2D eigenvalue weighted by Crippen LogP contribution is -2.09. The van der Waals surface area contributed by atoms with E-state index in [0.29, 0.717) is 5.82 Å². The van der Waals surface area contributed by atoms with E-state index in [1.54, 1.807) is 0 Å². The van der Waals surface area contributed by atoms with Gasteiger partial charge in [-0.15, -0.1) is 10.2 Å². The fourth-order valence-electron chi connectivity index (χ4n) is 1.31. The number of nitrogens with zero attached hydrogens (tertiary/aromatic N) is 2. The second kappa shape index (κ2) is 4.11. The molecule has 0 saturated carbocycles. The molecule has 0 fully saturated rings. The van der Waals surface area contributed by atoms with Crippen LogP contribution in [0.25, 0.3) is 11.3 Å². The highest BCUT2D eigenvalue weighted by Gasteiger charge is 2.11. The Morgan fingerprint density at radius 1 is 1.19 bits per heavy atom. The Kier molecular flexibility index (Phi) is 2.65. The molecular formula is C10H9FN4O. The molecule has 0 aliphatic carbocycles. The monoisotopic (exact) mass is 220 g/mol. The first-order valence-corrected chi connectivity index (χ1v) is 4.50. The van der Waals surface area contributed by atoms with Crippen LogP contribution in [0.3, 0.4) is 0 Å². The van der Waals surface area contributed by atoms with E-state index >= 15 is 0 Å². The summed E-state index contributed by atoms with van der Waals surface area (Å²) in [6, 6.07) is 7.09. The summed E-state index contributed by atoms with van der Waals surface area (Å²) >= 11 is 0. The summed E-state index contributed by atoms with van der Waals surface area (Å²) < 4.78 is 13.5. The van der Waals surface area contributed by atoms with E-state index in [2.05, 4.69) is 15.6 Å². The van der Waals surface area contributed by atoms with E-state index in [0.717, 1.165) is 0 Å². The van der Waals surface area contributed by atoms with Gasteiger partial charge in [0.1, 0.15) is 11.6 Å². The van der Waals surface area contributed by atoms with Gasteiger partial charge in [0, 0.05) is 0 Å². The molecule has 0 radical (unpaired) electrons. The largest absolute Gasteiger partial charge is 0.507 e. The summed E-state index contributed by atoms with van der Waals surface area (Å²) in [7, 11) is 0. The van der Waals surface area contributed by atoms with Gasteiger partial charge in [-0.05, 0) is 24.3 Å². The van der Waals surface area contributed by atoms with Gasteiger partial charge in [0.15, 0.2) is 5.82 Å². The van der Waals surface area contributed by atoms with Crippen LogP contribution in [0.4, 0.5) is 10.2 Å². The Hall–Kier alpha value is -2.21. The van der Waals surface area contributed by atoms with Crippen molar-refractivity contribution in [3.63, 3.8) is 0 Å². The number of phenolic OH excluding ortho intramolecular Hbond substituents is 1. The molecule has 0 spiro atoms. The maximum absolute atomic E-state index is 13.5. The van der Waals surface area contributed by atoms with Crippen LogP contribution < -0.4 is 11.3 Å². The van der Waals surface area contributed by atoms with Crippen molar-refractivity contribution >= 4 is 5.82 Å². The maximum Gasteiger partial charge on any atom is 0.162 e. The highest BCUT2D eigenvalue weighted by Crippen LogP contribution is 2.29. The van der Waals surface area contributed by atoms with Gasteiger partial charge in [-0.2, -0.15) is 0 Å². The average Bonchev–Trinajstić information content (AvgIpc) is 2.30. The number of hydrogen-bond acceptors (Lipinski definition) is 5. The normalized spacial score (nSPS) is 10.1. The number of aromatic nitrogens is 2. The zero-order chi connectivity index (χ0) is 11.5. The van der Waals surface area contributed by atoms with Crippen molar-refractivity contribution < 1.29 is 9.50 Å². The van der Waals surface area contributed by atoms with Crippen molar-refractivity contribution in [3.8, 4) is 17.0 Å². The van der Waals surface area contributed by atoms with Crippen molar-refractivity contribution in [2.75, 3.05) is 5.43 Å². The van der Waals surface area contributed by atoms with Gasteiger partial charge in [0.25, 0.3) is 0 Å². The molecule has 82 valence electrons. The molecular weight excluding hydrogens is 211 g/mol. The summed E-state index contributed by atoms with van der Waals surface area (Å²) in [5.74, 6) is 4.75. The number of rotatable bonds is 2. The third-order valence-corrected chi connectivity index (χ3v) is 2.06. The summed E-state index contributed by atoms with van der Waals surface area (Å²) in [4.78, 5) is 0. The molecule has 1 aromatic carbocycles. The van der Waals surface area contributed by atoms with E-state index in [9.17, 15) is 9.50 Å². The molecule has 0 unspecified atom stereocenters. The fourth-order valence-corrected chi connectivity index (χ4v) is 1.31. The Morgan fingerprint density at radius 3 is 2.56 bits per heavy atom. The van der Waals surface area contributed by atoms with Gasteiger partial charge in [0.2, 0.25) is 0 Å². The van der Waals surface area contributed by atoms with Crippen molar-refractivity contribution in [1.29, 1.82) is 0 Å². The molecule has 2 aromatic rings. The third-order valence-electron chi connectivity index (χ3n) is 2.06. The zero-order valence-electron chi connectivity index (χ0n) is 8.18. The molecule has 0 aliphatic rings. The van der Waals surface area contributed by atoms with Crippen LogP contribution in [-0.4, -0.2) is 15.3 Å². The minimum absolute atomic E-state index is 0.0265. The SMILES string of the molecule is NNc1ccc(-c2c(O)cccc2F)nn1. The lowest BCUT2D eigenvalue weighted by molar-refractivity contribution is 0.471. The number of hydrogen-bond donors (Lipinski definition) is 3. The third kappa shape index (κ3) is 1.78. The van der Waals surface area contributed by atoms with Crippen molar-refractivity contribution in [1.82, 2.24) is 10.2 Å². The minimum Gasteiger partial charge on any atom is -0.507 e. The van der Waals surface area contributed by atoms with Crippen molar-refractivity contribution in [3.05, 3.63) is 36.1 Å². The summed E-state index contributed by atoms with van der Waals surface area (Å²) in [6.45, 7) is 0. The Balaban J connectivity index is 2.50. The molecule has 4 N–H and O–H groups in total. The second-order valence-electron chi connectivity index (χ2n) is 3.08. The molecule has 0 aliphatic heterocycles. The molecule has 0 saturated heterocycles. The number of nitrogen functional groups attached to an aromatic ring is 1. The number of benzene rings is 1. The molecule has 5 nitrogen and oxygen atoms in total. The summed E-state index contributed by atoms with van der Waals surface area (Å²) in [5, 5.41) is 17.0. The van der Waals surface area contributed by atoms with Crippen LogP contribution in [0, 0.1) is 5.82 Å². The minimum atomic E-state index is -0.553. The topological polar surface area (TPSA) is 84.1 Å². The first-order valence-electron chi connectivity index (χ1n) is 4.50. The number of nitrogens with two attached hydrogens (primary N) is 1. The van der Waals surface area contributed by atoms with Crippen LogP contribution in [0.1, 0.15) is 0 Å². The van der Waals surface area contributed by atoms with Gasteiger partial charge in [-0.3, -0.25) is 0 Å². The van der Waals surface area contributed by atoms with Gasteiger partial charge >= 0.3 is 0 Å². The number of halogens is 1. The molecule has 2 rings (SSSR count). The fraction of sp³-hybridized carbons (Fsp3) is 0. The number of nitrogens with one attached hydrogen (secondary N) is 1. The number of aromatic hydroxyl groups is 1. The van der Waals surface area contributed by atoms with E-state index in [4.69, 9.17) is 5.84 Å². The van der Waals surface area contributed by atoms with Gasteiger partial charge in [-0.25, -0.2) is 10.2 Å². The van der Waals surface area contributed by atoms with Crippen LogP contribution in [0.15, 0.2) is 30.3 Å². The van der Waals surface area contributed by atoms with E-state index in [-0.39, 0.29) is 17.0 Å². The molecule has 1 aromatic heterocycles. The lowest BCUT2D eigenvalue weighted by atomic mass is 10.1. The average molecular weight is 220 g/mol. The molecule has 16 heavy (non-hydrogen) atoms. The van der Waals surface area contributed by atoms with Crippen LogP contribution in [0.2, 0.25) is 0 Å². The predicted octanol–water partition coefficient (Wildman–Crippen LogP) is 1.27. The first kappa shape index (κ1) is 10.3. The Morgan fingerprint density at radius 2 is 2.00 bits per heavy atom. The van der Waals surface area contributed by atoms with E-state index in [1.165, 1.54) is 30.3 Å². The maximum atomic E-state index is 13.5. The van der Waals surface area contributed by atoms with Crippen LogP contribution in [0.5, 0.6) is 5.75 Å². The first-order chi connectivity index (χ1) is 7.72. The van der Waals surface area contributed by atoms with Gasteiger partial charge in [0.05, 0.1) is 11.3 Å². The number of anilines is 1. The van der Waals surface area contributed by atoms with Crippen molar-refractivity contribution in [2.24, 2.45) is 5.84 Å². The van der Waals surface area contributed by atoms with Crippen LogP contribution >= 0.6 is 0 Å². The second-order valence-corrected chi connectivity index (χ2v) is 3.08. The number of hydrazine groups is 1. The quantitative estimate of drug-likeness (QED) is 0.524. The standard InChI is InChI=1S/C10H9FN4O/c11-6-2-1-3-8(16)10(6)7-4-5-9(13-12)15-14-7/h1-5,16H,12H2,(H,13,15). The van der Waals surface area contributed by atoms with E-state index < -0.39 is 5.82 Å². The molecule has 6 heteroatoms. The van der Waals surface area contributed by atoms with Crippen LogP contribution in [-0.2, 0) is 0 Å². The van der Waals surface area contributed by atoms with Gasteiger partial charge < -0.3 is 10.5 Å². The summed E-state index contributed by atoms with van der Waals surface area (Å²) in [5.41, 5.74) is 2.58. The zero-order valence-corrected chi connectivity index (χ0v) is 8.18. The smallest absolute Gasteiger partial charge is 0.162 e. The predicted molar refractivity (Wildman–Crippen MR) is 56.9 cm³/mol. The molecule has 0 bridgehead atoms. The molecule has 1 heterocycles. The van der Waals surface area contributed by atoms with Gasteiger partial charge in [-0.1, -0.05) is 6.07 Å². The lowest BCUT2D eigenvalue weighted by Gasteiger charge is -2.05. The Labute approximate surface area is 90.7 Å². The highest BCUT2D eigenvalue weighted by atomic mass is 19.1. The Bertz CT molecular complexity index is 480. The van der Waals surface area contributed by atoms with E-state index in [1.807, 2.05) is 0 Å².